The second-order valence-corrected chi connectivity index (χ2v) is 7.60. The quantitative estimate of drug-likeness (QED) is 0.598. The molecule has 1 aromatic heterocycles. The zero-order valence-corrected chi connectivity index (χ0v) is 16.5. The molecule has 3 aromatic rings. The Hall–Kier alpha value is -3.45. The van der Waals surface area contributed by atoms with Crippen LogP contribution < -0.4 is 4.74 Å². The van der Waals surface area contributed by atoms with Crippen molar-refractivity contribution in [1.29, 1.82) is 0 Å². The van der Waals surface area contributed by atoms with Gasteiger partial charge in [0, 0.05) is 30.9 Å². The molecule has 2 aliphatic rings. The lowest BCUT2D eigenvalue weighted by Crippen LogP contribution is -2.34. The van der Waals surface area contributed by atoms with Crippen molar-refractivity contribution in [3.05, 3.63) is 82.8 Å². The molecule has 7 nitrogen and oxygen atoms in total. The standard InChI is InChI=1S/C22H16ClN3O4/c23-18-6-5-14(29-19-12-24-8-9-25-19)11-16(18)20(27)26-10-7-22(13-26)17-4-2-1-3-15(17)21(28)30-22/h1-6,8-9,11-12H,7,10,13H2/t22-/m0/s1. The van der Waals surface area contributed by atoms with Crippen molar-refractivity contribution in [2.24, 2.45) is 0 Å². The number of amides is 1. The number of likely N-dealkylation sites (tertiary alicyclic amines) is 1. The molecule has 1 amide bonds. The lowest BCUT2D eigenvalue weighted by atomic mass is 9.91. The van der Waals surface area contributed by atoms with Crippen LogP contribution in [-0.4, -0.2) is 39.8 Å². The second kappa shape index (κ2) is 7.11. The van der Waals surface area contributed by atoms with Crippen LogP contribution in [-0.2, 0) is 10.3 Å². The van der Waals surface area contributed by atoms with E-state index in [1.807, 2.05) is 12.1 Å². The van der Waals surface area contributed by atoms with Crippen LogP contribution in [0.4, 0.5) is 0 Å². The van der Waals surface area contributed by atoms with Gasteiger partial charge in [-0.2, -0.15) is 0 Å². The predicted molar refractivity (Wildman–Crippen MR) is 108 cm³/mol. The molecule has 0 saturated carbocycles. The molecule has 0 aliphatic carbocycles. The van der Waals surface area contributed by atoms with Crippen LogP contribution in [0.3, 0.4) is 0 Å². The molecule has 0 bridgehead atoms. The Morgan fingerprint density at radius 3 is 2.90 bits per heavy atom. The van der Waals surface area contributed by atoms with Crippen LogP contribution in [0.2, 0.25) is 5.02 Å². The molecule has 2 aliphatic heterocycles. The van der Waals surface area contributed by atoms with Gasteiger partial charge in [0.1, 0.15) is 5.75 Å². The summed E-state index contributed by atoms with van der Waals surface area (Å²) >= 11 is 6.31. The highest BCUT2D eigenvalue weighted by atomic mass is 35.5. The van der Waals surface area contributed by atoms with Crippen molar-refractivity contribution in [3.63, 3.8) is 0 Å². The maximum absolute atomic E-state index is 13.2. The van der Waals surface area contributed by atoms with Crippen molar-refractivity contribution >= 4 is 23.5 Å². The molecule has 1 spiro atoms. The highest BCUT2D eigenvalue weighted by Crippen LogP contribution is 2.43. The van der Waals surface area contributed by atoms with E-state index in [1.54, 1.807) is 41.4 Å². The average molecular weight is 422 g/mol. The smallest absolute Gasteiger partial charge is 0.339 e. The van der Waals surface area contributed by atoms with Crippen LogP contribution in [0.25, 0.3) is 0 Å². The lowest BCUT2D eigenvalue weighted by Gasteiger charge is -2.24. The van der Waals surface area contributed by atoms with Gasteiger partial charge in [-0.1, -0.05) is 29.8 Å². The van der Waals surface area contributed by atoms with Crippen molar-refractivity contribution in [1.82, 2.24) is 14.9 Å². The first-order valence-corrected chi connectivity index (χ1v) is 9.79. The van der Waals surface area contributed by atoms with E-state index >= 15 is 0 Å². The Balaban J connectivity index is 1.40. The van der Waals surface area contributed by atoms with E-state index in [9.17, 15) is 9.59 Å². The first-order valence-electron chi connectivity index (χ1n) is 9.41. The topological polar surface area (TPSA) is 81.6 Å². The number of rotatable bonds is 3. The van der Waals surface area contributed by atoms with Gasteiger partial charge in [-0.15, -0.1) is 0 Å². The number of halogens is 1. The van der Waals surface area contributed by atoms with Gasteiger partial charge in [0.25, 0.3) is 5.91 Å². The summed E-state index contributed by atoms with van der Waals surface area (Å²) in [7, 11) is 0. The fourth-order valence-electron chi connectivity index (χ4n) is 3.97. The van der Waals surface area contributed by atoms with Crippen LogP contribution >= 0.6 is 11.6 Å². The maximum atomic E-state index is 13.2. The summed E-state index contributed by atoms with van der Waals surface area (Å²) in [6.45, 7) is 0.728. The normalized spacial score (nSPS) is 19.6. The highest BCUT2D eigenvalue weighted by molar-refractivity contribution is 6.33. The van der Waals surface area contributed by atoms with Crippen molar-refractivity contribution in [2.75, 3.05) is 13.1 Å². The molecule has 5 rings (SSSR count). The number of esters is 1. The molecule has 30 heavy (non-hydrogen) atoms. The monoisotopic (exact) mass is 421 g/mol. The molecule has 8 heteroatoms. The number of carbonyl (C=O) groups excluding carboxylic acids is 2. The maximum Gasteiger partial charge on any atom is 0.339 e. The van der Waals surface area contributed by atoms with E-state index in [4.69, 9.17) is 21.1 Å². The van der Waals surface area contributed by atoms with Crippen LogP contribution in [0.5, 0.6) is 11.6 Å². The number of nitrogens with zero attached hydrogens (tertiary/aromatic N) is 3. The first kappa shape index (κ1) is 18.6. The van der Waals surface area contributed by atoms with E-state index in [-0.39, 0.29) is 18.4 Å². The largest absolute Gasteiger partial charge is 0.449 e. The number of hydrogen-bond acceptors (Lipinski definition) is 6. The minimum atomic E-state index is -0.802. The summed E-state index contributed by atoms with van der Waals surface area (Å²) < 4.78 is 11.4. The molecule has 1 saturated heterocycles. The highest BCUT2D eigenvalue weighted by Gasteiger charge is 2.51. The SMILES string of the molecule is O=C1O[C@]2(CCN(C(=O)c3cc(Oc4cnccn4)ccc3Cl)C2)c2ccccc21. The van der Waals surface area contributed by atoms with Crippen molar-refractivity contribution < 1.29 is 19.1 Å². The molecule has 1 fully saturated rings. The molecular formula is C22H16ClN3O4. The minimum Gasteiger partial charge on any atom is -0.449 e. The van der Waals surface area contributed by atoms with Gasteiger partial charge in [0.2, 0.25) is 5.88 Å². The van der Waals surface area contributed by atoms with Gasteiger partial charge < -0.3 is 14.4 Å². The average Bonchev–Trinajstić information content (AvgIpc) is 3.32. The van der Waals surface area contributed by atoms with Crippen LogP contribution in [0, 0.1) is 0 Å². The molecule has 3 heterocycles. The van der Waals surface area contributed by atoms with E-state index in [2.05, 4.69) is 9.97 Å². The summed E-state index contributed by atoms with van der Waals surface area (Å²) in [5, 5.41) is 0.316. The second-order valence-electron chi connectivity index (χ2n) is 7.19. The summed E-state index contributed by atoms with van der Waals surface area (Å²) in [5.74, 6) is 0.141. The Kier molecular flexibility index (Phi) is 4.40. The van der Waals surface area contributed by atoms with Gasteiger partial charge in [-0.3, -0.25) is 9.78 Å². The number of aromatic nitrogens is 2. The van der Waals surface area contributed by atoms with Gasteiger partial charge in [-0.25, -0.2) is 9.78 Å². The van der Waals surface area contributed by atoms with E-state index in [0.29, 0.717) is 40.7 Å². The Labute approximate surface area is 177 Å². The predicted octanol–water partition coefficient (Wildman–Crippen LogP) is 3.83. The fraction of sp³-hybridized carbons (Fsp3) is 0.182. The number of benzene rings is 2. The van der Waals surface area contributed by atoms with Crippen molar-refractivity contribution in [3.8, 4) is 11.6 Å². The number of ether oxygens (including phenoxy) is 2. The van der Waals surface area contributed by atoms with E-state index in [1.165, 1.54) is 12.4 Å². The zero-order valence-electron chi connectivity index (χ0n) is 15.7. The van der Waals surface area contributed by atoms with Crippen molar-refractivity contribution in [2.45, 2.75) is 12.0 Å². The summed E-state index contributed by atoms with van der Waals surface area (Å²) in [5.41, 5.74) is 0.900. The van der Waals surface area contributed by atoms with E-state index in [0.717, 1.165) is 5.56 Å². The van der Waals surface area contributed by atoms with Gasteiger partial charge in [0.05, 0.1) is 28.9 Å². The molecule has 2 aromatic carbocycles. The molecule has 0 N–H and O–H groups in total. The third-order valence-electron chi connectivity index (χ3n) is 5.38. The third-order valence-corrected chi connectivity index (χ3v) is 5.70. The molecule has 0 radical (unpaired) electrons. The summed E-state index contributed by atoms with van der Waals surface area (Å²) in [4.78, 5) is 35.2. The lowest BCUT2D eigenvalue weighted by molar-refractivity contribution is -0.00306. The first-order chi connectivity index (χ1) is 14.6. The Bertz CT molecular complexity index is 1150. The zero-order chi connectivity index (χ0) is 20.7. The van der Waals surface area contributed by atoms with Crippen LogP contribution in [0.15, 0.2) is 61.1 Å². The summed E-state index contributed by atoms with van der Waals surface area (Å²) in [6, 6.07) is 12.2. The summed E-state index contributed by atoms with van der Waals surface area (Å²) in [6.07, 6.45) is 5.07. The minimum absolute atomic E-state index is 0.248. The van der Waals surface area contributed by atoms with Crippen LogP contribution in [0.1, 0.15) is 32.7 Å². The molecular weight excluding hydrogens is 406 g/mol. The van der Waals surface area contributed by atoms with Gasteiger partial charge in [0.15, 0.2) is 5.60 Å². The third kappa shape index (κ3) is 3.07. The molecule has 150 valence electrons. The number of fused-ring (bicyclic) bond motifs is 2. The molecule has 1 atom stereocenters. The Morgan fingerprint density at radius 2 is 2.07 bits per heavy atom. The number of carbonyl (C=O) groups is 2. The molecule has 0 unspecified atom stereocenters. The number of hydrogen-bond donors (Lipinski definition) is 0. The Morgan fingerprint density at radius 1 is 1.20 bits per heavy atom. The van der Waals surface area contributed by atoms with Gasteiger partial charge in [-0.05, 0) is 24.3 Å². The fourth-order valence-corrected chi connectivity index (χ4v) is 4.16. The van der Waals surface area contributed by atoms with E-state index < -0.39 is 5.60 Å². The van der Waals surface area contributed by atoms with Gasteiger partial charge >= 0.3 is 5.97 Å².